The molecule has 0 aliphatic heterocycles. The van der Waals surface area contributed by atoms with Gasteiger partial charge in [-0.25, -0.2) is 0 Å². The van der Waals surface area contributed by atoms with E-state index < -0.39 is 9.85 Å². The highest BCUT2D eigenvalue weighted by molar-refractivity contribution is 5.61. The molecule has 0 N–H and O–H groups in total. The summed E-state index contributed by atoms with van der Waals surface area (Å²) in [6, 6.07) is 12.9. The van der Waals surface area contributed by atoms with Crippen LogP contribution in [0.4, 0.5) is 11.4 Å². The summed E-state index contributed by atoms with van der Waals surface area (Å²) in [5.74, 6) is 0. The molecule has 3 aromatic rings. The number of hydrogen-bond donors (Lipinski definition) is 0. The first-order valence-electron chi connectivity index (χ1n) is 6.98. The maximum absolute atomic E-state index is 11.4. The minimum absolute atomic E-state index is 0.248. The fourth-order valence-electron chi connectivity index (χ4n) is 2.38. The summed E-state index contributed by atoms with van der Waals surface area (Å²) < 4.78 is 3.10. The molecular weight excluding hydrogens is 312 g/mol. The highest BCUT2D eigenvalue weighted by Gasteiger charge is 2.34. The third-order valence-corrected chi connectivity index (χ3v) is 3.45. The van der Waals surface area contributed by atoms with E-state index in [1.54, 1.807) is 70.3 Å². The van der Waals surface area contributed by atoms with Crippen LogP contribution in [0.15, 0.2) is 73.3 Å². The van der Waals surface area contributed by atoms with Crippen molar-refractivity contribution in [1.82, 2.24) is 0 Å². The number of hydrogen-bond acceptors (Lipinski definition) is 4. The van der Waals surface area contributed by atoms with Gasteiger partial charge in [-0.05, 0) is 0 Å². The van der Waals surface area contributed by atoms with Crippen molar-refractivity contribution < 1.29 is 19.0 Å². The van der Waals surface area contributed by atoms with Crippen molar-refractivity contribution in [3.8, 4) is 11.4 Å². The Hall–Kier alpha value is -3.68. The summed E-state index contributed by atoms with van der Waals surface area (Å²) in [6.07, 6.45) is 6.59. The minimum Gasteiger partial charge on any atom is -0.258 e. The summed E-state index contributed by atoms with van der Waals surface area (Å²) >= 11 is 0. The van der Waals surface area contributed by atoms with E-state index in [1.807, 2.05) is 0 Å². The molecule has 0 aliphatic carbocycles. The average molecular weight is 324 g/mol. The first-order chi connectivity index (χ1) is 11.6. The predicted molar refractivity (Wildman–Crippen MR) is 82.8 cm³/mol. The summed E-state index contributed by atoms with van der Waals surface area (Å²) in [6.45, 7) is 0. The van der Waals surface area contributed by atoms with Gasteiger partial charge in [0.05, 0.1) is 15.9 Å². The van der Waals surface area contributed by atoms with Crippen LogP contribution in [-0.4, -0.2) is 9.85 Å². The Labute approximate surface area is 136 Å². The molecule has 1 aromatic carbocycles. The molecule has 24 heavy (non-hydrogen) atoms. The van der Waals surface area contributed by atoms with Crippen LogP contribution in [0.1, 0.15) is 0 Å². The van der Waals surface area contributed by atoms with Crippen molar-refractivity contribution in [2.45, 2.75) is 0 Å². The fraction of sp³-hybridized carbons (Fsp3) is 0. The van der Waals surface area contributed by atoms with Crippen LogP contribution in [0.2, 0.25) is 0 Å². The van der Waals surface area contributed by atoms with Crippen molar-refractivity contribution in [3.63, 3.8) is 0 Å². The lowest BCUT2D eigenvalue weighted by atomic mass is 10.2. The molecule has 2 aromatic heterocycles. The van der Waals surface area contributed by atoms with Gasteiger partial charge in [0.1, 0.15) is 6.07 Å². The van der Waals surface area contributed by atoms with E-state index in [0.29, 0.717) is 0 Å². The average Bonchev–Trinajstić information content (AvgIpc) is 2.62. The van der Waals surface area contributed by atoms with E-state index in [-0.39, 0.29) is 22.7 Å². The maximum atomic E-state index is 11.4. The SMILES string of the molecule is O=[N+]([O-])c1cc([N+](=O)[O-])c(-[n+]2ccccc2)cc1-[n+]1ccccc1. The van der Waals surface area contributed by atoms with Gasteiger partial charge in [0, 0.05) is 24.3 Å². The van der Waals surface area contributed by atoms with Crippen molar-refractivity contribution >= 4 is 11.4 Å². The molecule has 118 valence electrons. The second-order valence-corrected chi connectivity index (χ2v) is 4.91. The Balaban J connectivity index is 2.33. The van der Waals surface area contributed by atoms with Gasteiger partial charge in [-0.3, -0.25) is 20.2 Å². The van der Waals surface area contributed by atoms with Crippen LogP contribution in [0.3, 0.4) is 0 Å². The largest absolute Gasteiger partial charge is 0.347 e. The number of nitrogens with zero attached hydrogens (tertiary/aromatic N) is 4. The van der Waals surface area contributed by atoms with Crippen LogP contribution in [0.25, 0.3) is 11.4 Å². The van der Waals surface area contributed by atoms with Crippen LogP contribution in [-0.2, 0) is 0 Å². The molecule has 0 fully saturated rings. The molecule has 0 saturated heterocycles. The molecule has 0 aliphatic rings. The lowest BCUT2D eigenvalue weighted by molar-refractivity contribution is -0.610. The zero-order valence-electron chi connectivity index (χ0n) is 12.4. The molecule has 3 rings (SSSR count). The van der Waals surface area contributed by atoms with E-state index in [2.05, 4.69) is 0 Å². The summed E-state index contributed by atoms with van der Waals surface area (Å²) in [7, 11) is 0. The highest BCUT2D eigenvalue weighted by Crippen LogP contribution is 2.29. The van der Waals surface area contributed by atoms with Crippen LogP contribution < -0.4 is 9.13 Å². The first-order valence-corrected chi connectivity index (χ1v) is 6.98. The predicted octanol–water partition coefficient (Wildman–Crippen LogP) is 2.06. The van der Waals surface area contributed by atoms with Gasteiger partial charge in [0.2, 0.25) is 0 Å². The molecule has 8 nitrogen and oxygen atoms in total. The Bertz CT molecular complexity index is 841. The lowest BCUT2D eigenvalue weighted by Crippen LogP contribution is -2.34. The molecule has 2 heterocycles. The molecule has 0 radical (unpaired) electrons. The van der Waals surface area contributed by atoms with Gasteiger partial charge in [-0.1, -0.05) is 12.1 Å². The summed E-state index contributed by atoms with van der Waals surface area (Å²) in [5, 5.41) is 22.8. The van der Waals surface area contributed by atoms with Crippen molar-refractivity contribution in [1.29, 1.82) is 0 Å². The van der Waals surface area contributed by atoms with Gasteiger partial charge >= 0.3 is 11.4 Å². The second kappa shape index (κ2) is 6.21. The third kappa shape index (κ3) is 2.80. The van der Waals surface area contributed by atoms with Gasteiger partial charge < -0.3 is 0 Å². The zero-order valence-corrected chi connectivity index (χ0v) is 12.4. The third-order valence-electron chi connectivity index (χ3n) is 3.45. The van der Waals surface area contributed by atoms with Crippen molar-refractivity contribution in [3.05, 3.63) is 93.5 Å². The van der Waals surface area contributed by atoms with E-state index in [0.717, 1.165) is 6.07 Å². The number of aromatic nitrogens is 2. The second-order valence-electron chi connectivity index (χ2n) is 4.91. The van der Waals surface area contributed by atoms with E-state index in [4.69, 9.17) is 0 Å². The van der Waals surface area contributed by atoms with Gasteiger partial charge in [-0.2, -0.15) is 9.13 Å². The molecule has 0 bridgehead atoms. The molecule has 8 heteroatoms. The Morgan fingerprint density at radius 2 is 1.00 bits per heavy atom. The molecule has 0 unspecified atom stereocenters. The monoisotopic (exact) mass is 324 g/mol. The maximum Gasteiger partial charge on any atom is 0.347 e. The van der Waals surface area contributed by atoms with Crippen molar-refractivity contribution in [2.24, 2.45) is 0 Å². The number of benzene rings is 1. The topological polar surface area (TPSA) is 94.0 Å². The lowest BCUT2D eigenvalue weighted by Gasteiger charge is -2.01. The molecule has 0 amide bonds. The number of nitro benzene ring substituents is 2. The summed E-state index contributed by atoms with van der Waals surface area (Å²) in [4.78, 5) is 21.5. The zero-order chi connectivity index (χ0) is 17.1. The van der Waals surface area contributed by atoms with E-state index >= 15 is 0 Å². The standard InChI is InChI=1S/C16H12N4O4/c21-19(22)15-12-16(20(23)24)14(18-9-5-2-6-10-18)11-13(15)17-7-3-1-4-8-17/h1-12H/q+2. The van der Waals surface area contributed by atoms with Crippen LogP contribution >= 0.6 is 0 Å². The van der Waals surface area contributed by atoms with Crippen LogP contribution in [0.5, 0.6) is 0 Å². The Kier molecular flexibility index (Phi) is 3.94. The smallest absolute Gasteiger partial charge is 0.258 e. The molecule has 0 spiro atoms. The van der Waals surface area contributed by atoms with Gasteiger partial charge in [0.25, 0.3) is 11.4 Å². The molecule has 0 atom stereocenters. The number of pyridine rings is 2. The van der Waals surface area contributed by atoms with E-state index in [9.17, 15) is 20.2 Å². The Morgan fingerprint density at radius 3 is 1.33 bits per heavy atom. The molecular formula is C16H12N4O4+2. The summed E-state index contributed by atoms with van der Waals surface area (Å²) in [5.41, 5.74) is -0.175. The molecule has 0 saturated carbocycles. The minimum atomic E-state index is -0.623. The number of nitro groups is 2. The first kappa shape index (κ1) is 15.2. The highest BCUT2D eigenvalue weighted by atomic mass is 16.6. The van der Waals surface area contributed by atoms with Gasteiger partial charge in [0.15, 0.2) is 24.8 Å². The quantitative estimate of drug-likeness (QED) is 0.417. The normalized spacial score (nSPS) is 10.3. The van der Waals surface area contributed by atoms with Gasteiger partial charge in [-0.15, -0.1) is 0 Å². The Morgan fingerprint density at radius 1 is 0.625 bits per heavy atom. The van der Waals surface area contributed by atoms with Crippen LogP contribution in [0, 0.1) is 20.2 Å². The number of rotatable bonds is 4. The van der Waals surface area contributed by atoms with Crippen molar-refractivity contribution in [2.75, 3.05) is 0 Å². The van der Waals surface area contributed by atoms with E-state index in [1.165, 1.54) is 6.07 Å². The fourth-order valence-corrected chi connectivity index (χ4v) is 2.38.